The van der Waals surface area contributed by atoms with Crippen LogP contribution in [-0.2, 0) is 11.3 Å². The minimum atomic E-state index is -0.462. The molecule has 0 radical (unpaired) electrons. The summed E-state index contributed by atoms with van der Waals surface area (Å²) in [7, 11) is 1.33. The lowest BCUT2D eigenvalue weighted by Crippen LogP contribution is -2.01. The van der Waals surface area contributed by atoms with Crippen LogP contribution in [0.4, 0.5) is 0 Å². The van der Waals surface area contributed by atoms with Gasteiger partial charge in [-0.1, -0.05) is 40.2 Å². The van der Waals surface area contributed by atoms with E-state index in [9.17, 15) is 4.79 Å². The highest BCUT2D eigenvalue weighted by atomic mass is 16.5. The maximum atomic E-state index is 11.3. The summed E-state index contributed by atoms with van der Waals surface area (Å²) in [5.41, 5.74) is 4.36. The summed E-state index contributed by atoms with van der Waals surface area (Å²) < 4.78 is 6.25. The fraction of sp³-hybridized carbons (Fsp3) is 0.526. The molecule has 0 amide bonds. The number of ether oxygens (including phenoxy) is 1. The number of carbonyl (C=O) groups excluding carboxylic acids is 1. The van der Waals surface area contributed by atoms with Crippen LogP contribution in [0.15, 0.2) is 41.1 Å². The number of hydrogen-bond donors (Lipinski definition) is 0. The van der Waals surface area contributed by atoms with Gasteiger partial charge in [0.1, 0.15) is 0 Å². The van der Waals surface area contributed by atoms with Gasteiger partial charge in [0, 0.05) is 0 Å². The summed E-state index contributed by atoms with van der Waals surface area (Å²) in [6.07, 6.45) is 12.6. The highest BCUT2D eigenvalue weighted by Crippen LogP contribution is 2.11. The highest BCUT2D eigenvalue weighted by molar-refractivity contribution is 5.86. The summed E-state index contributed by atoms with van der Waals surface area (Å²) in [6, 6.07) is 0. The molecule has 0 bridgehead atoms. The fourth-order valence-electron chi connectivity index (χ4n) is 2.17. The van der Waals surface area contributed by atoms with Crippen molar-refractivity contribution in [1.82, 2.24) is 15.0 Å². The van der Waals surface area contributed by atoms with Gasteiger partial charge in [-0.2, -0.15) is 0 Å². The zero-order valence-electron chi connectivity index (χ0n) is 15.5. The Balaban J connectivity index is 2.38. The first kappa shape index (κ1) is 19.9. The van der Waals surface area contributed by atoms with Gasteiger partial charge in [0.05, 0.1) is 19.9 Å². The Labute approximate surface area is 145 Å². The predicted molar refractivity (Wildman–Crippen MR) is 96.8 cm³/mol. The second-order valence-corrected chi connectivity index (χ2v) is 6.28. The molecule has 5 heteroatoms. The van der Waals surface area contributed by atoms with E-state index in [-0.39, 0.29) is 5.69 Å². The van der Waals surface area contributed by atoms with Crippen molar-refractivity contribution in [1.29, 1.82) is 0 Å². The zero-order valence-corrected chi connectivity index (χ0v) is 15.5. The Morgan fingerprint density at radius 3 is 2.33 bits per heavy atom. The van der Waals surface area contributed by atoms with Gasteiger partial charge >= 0.3 is 5.97 Å². The summed E-state index contributed by atoms with van der Waals surface area (Å²) in [5.74, 6) is -0.462. The van der Waals surface area contributed by atoms with Crippen LogP contribution in [0, 0.1) is 0 Å². The van der Waals surface area contributed by atoms with E-state index in [4.69, 9.17) is 0 Å². The molecule has 1 rings (SSSR count). The van der Waals surface area contributed by atoms with E-state index in [0.717, 1.165) is 25.7 Å². The molecule has 132 valence electrons. The molecule has 5 nitrogen and oxygen atoms in total. The van der Waals surface area contributed by atoms with Gasteiger partial charge in [-0.15, -0.1) is 5.10 Å². The van der Waals surface area contributed by atoms with E-state index < -0.39 is 5.97 Å². The van der Waals surface area contributed by atoms with Crippen molar-refractivity contribution in [2.45, 2.75) is 59.9 Å². The van der Waals surface area contributed by atoms with Crippen LogP contribution in [0.1, 0.15) is 63.9 Å². The van der Waals surface area contributed by atoms with Crippen molar-refractivity contribution in [2.24, 2.45) is 0 Å². The second-order valence-electron chi connectivity index (χ2n) is 6.28. The molecule has 24 heavy (non-hydrogen) atoms. The Kier molecular flexibility index (Phi) is 8.76. The number of rotatable bonds is 9. The third-order valence-corrected chi connectivity index (χ3v) is 3.68. The number of allylic oxidation sites excluding steroid dienone is 6. The molecule has 0 atom stereocenters. The second kappa shape index (κ2) is 10.6. The molecule has 0 aliphatic heterocycles. The van der Waals surface area contributed by atoms with Gasteiger partial charge in [-0.25, -0.2) is 9.48 Å². The maximum absolute atomic E-state index is 11.3. The number of hydrogen-bond acceptors (Lipinski definition) is 4. The van der Waals surface area contributed by atoms with Crippen LogP contribution in [0.3, 0.4) is 0 Å². The zero-order chi connectivity index (χ0) is 17.9. The Morgan fingerprint density at radius 2 is 1.71 bits per heavy atom. The number of aromatic nitrogens is 3. The van der Waals surface area contributed by atoms with Crippen LogP contribution in [0.5, 0.6) is 0 Å². The van der Waals surface area contributed by atoms with Crippen molar-refractivity contribution in [2.75, 3.05) is 7.11 Å². The monoisotopic (exact) mass is 331 g/mol. The number of carbonyl (C=O) groups is 1. The smallest absolute Gasteiger partial charge is 0.360 e. The van der Waals surface area contributed by atoms with Gasteiger partial charge in [-0.3, -0.25) is 0 Å². The maximum Gasteiger partial charge on any atom is 0.360 e. The normalized spacial score (nSPS) is 12.2. The van der Waals surface area contributed by atoms with Gasteiger partial charge in [-0.05, 0) is 53.4 Å². The topological polar surface area (TPSA) is 57.0 Å². The van der Waals surface area contributed by atoms with Gasteiger partial charge in [0.25, 0.3) is 0 Å². The lowest BCUT2D eigenvalue weighted by atomic mass is 10.1. The number of esters is 1. The Bertz CT molecular complexity index is 620. The standard InChI is InChI=1S/C19H29N3O2/c1-15(2)8-6-9-16(3)10-7-11-17(4)12-13-22-14-18(20-21-22)19(23)24-5/h8,10,12,14H,6-7,9,11,13H2,1-5H3/b16-10+,17-12-. The molecule has 0 saturated carbocycles. The lowest BCUT2D eigenvalue weighted by Gasteiger charge is -2.02. The van der Waals surface area contributed by atoms with Crippen molar-refractivity contribution >= 4 is 5.97 Å². The van der Waals surface area contributed by atoms with Crippen LogP contribution in [0.2, 0.25) is 0 Å². The minimum absolute atomic E-state index is 0.235. The molecule has 0 saturated heterocycles. The van der Waals surface area contributed by atoms with Crippen LogP contribution >= 0.6 is 0 Å². The largest absolute Gasteiger partial charge is 0.464 e. The highest BCUT2D eigenvalue weighted by Gasteiger charge is 2.09. The lowest BCUT2D eigenvalue weighted by molar-refractivity contribution is 0.0594. The number of methoxy groups -OCH3 is 1. The third-order valence-electron chi connectivity index (χ3n) is 3.68. The summed E-state index contributed by atoms with van der Waals surface area (Å²) >= 11 is 0. The predicted octanol–water partition coefficient (Wildman–Crippen LogP) is 4.48. The van der Waals surface area contributed by atoms with Crippen molar-refractivity contribution in [3.05, 3.63) is 46.8 Å². The molecule has 0 unspecified atom stereocenters. The molecule has 1 heterocycles. The van der Waals surface area contributed by atoms with E-state index in [2.05, 4.69) is 61.0 Å². The first-order valence-electron chi connectivity index (χ1n) is 8.35. The molecule has 0 spiro atoms. The third kappa shape index (κ3) is 7.90. The molecular weight excluding hydrogens is 302 g/mol. The average molecular weight is 331 g/mol. The molecule has 0 N–H and O–H groups in total. The van der Waals surface area contributed by atoms with Crippen molar-refractivity contribution < 1.29 is 9.53 Å². The quantitative estimate of drug-likeness (QED) is 0.494. The molecule has 0 aliphatic rings. The van der Waals surface area contributed by atoms with Crippen molar-refractivity contribution in [3.8, 4) is 0 Å². The molecule has 0 aromatic carbocycles. The van der Waals surface area contributed by atoms with Gasteiger partial charge in [0.15, 0.2) is 5.69 Å². The van der Waals surface area contributed by atoms with E-state index in [1.54, 1.807) is 10.9 Å². The van der Waals surface area contributed by atoms with E-state index in [0.29, 0.717) is 6.54 Å². The van der Waals surface area contributed by atoms with Crippen molar-refractivity contribution in [3.63, 3.8) is 0 Å². The van der Waals surface area contributed by atoms with Gasteiger partial charge in [0.2, 0.25) is 0 Å². The SMILES string of the molecule is COC(=O)c1cn(C/C=C(/C)CC/C=C(\C)CCC=C(C)C)nn1. The summed E-state index contributed by atoms with van der Waals surface area (Å²) in [5, 5.41) is 7.70. The van der Waals surface area contributed by atoms with Gasteiger partial charge < -0.3 is 4.74 Å². The minimum Gasteiger partial charge on any atom is -0.464 e. The molecular formula is C19H29N3O2. The average Bonchev–Trinajstić information content (AvgIpc) is 3.00. The fourth-order valence-corrected chi connectivity index (χ4v) is 2.17. The van der Waals surface area contributed by atoms with E-state index >= 15 is 0 Å². The van der Waals surface area contributed by atoms with Crippen LogP contribution in [0.25, 0.3) is 0 Å². The van der Waals surface area contributed by atoms with Crippen LogP contribution < -0.4 is 0 Å². The van der Waals surface area contributed by atoms with E-state index in [1.165, 1.54) is 23.8 Å². The molecule has 1 aromatic rings. The molecule has 0 fully saturated rings. The number of nitrogens with zero attached hydrogens (tertiary/aromatic N) is 3. The van der Waals surface area contributed by atoms with E-state index in [1.807, 2.05) is 0 Å². The Morgan fingerprint density at radius 1 is 1.08 bits per heavy atom. The molecule has 1 aromatic heterocycles. The Hall–Kier alpha value is -2.17. The molecule has 0 aliphatic carbocycles. The first-order valence-corrected chi connectivity index (χ1v) is 8.35. The summed E-state index contributed by atoms with van der Waals surface area (Å²) in [4.78, 5) is 11.3. The van der Waals surface area contributed by atoms with Crippen LogP contribution in [-0.4, -0.2) is 28.1 Å². The summed E-state index contributed by atoms with van der Waals surface area (Å²) in [6.45, 7) is 9.19. The first-order chi connectivity index (χ1) is 11.4.